The lowest BCUT2D eigenvalue weighted by molar-refractivity contribution is 0.184. The summed E-state index contributed by atoms with van der Waals surface area (Å²) in [7, 11) is 0. The maximum Gasteiger partial charge on any atom is 0.336 e. The first-order valence-electron chi connectivity index (χ1n) is 8.21. The van der Waals surface area contributed by atoms with Gasteiger partial charge < -0.3 is 14.6 Å². The Labute approximate surface area is 145 Å². The molecule has 3 aromatic rings. The van der Waals surface area contributed by atoms with Crippen LogP contribution in [0.5, 0.6) is 5.75 Å². The molecule has 0 fully saturated rings. The zero-order chi connectivity index (χ0) is 17.8. The minimum atomic E-state index is -0.445. The third-order valence-electron chi connectivity index (χ3n) is 4.28. The number of benzene rings is 2. The van der Waals surface area contributed by atoms with E-state index >= 15 is 0 Å². The maximum absolute atomic E-state index is 11.9. The Morgan fingerprint density at radius 1 is 1.08 bits per heavy atom. The Kier molecular flexibility index (Phi) is 5.16. The molecule has 5 heteroatoms. The van der Waals surface area contributed by atoms with Crippen molar-refractivity contribution in [1.82, 2.24) is 4.90 Å². The molecule has 0 aliphatic heterocycles. The first kappa shape index (κ1) is 17.2. The first-order chi connectivity index (χ1) is 12.1. The molecule has 0 amide bonds. The predicted octanol–water partition coefficient (Wildman–Crippen LogP) is 2.80. The van der Waals surface area contributed by atoms with Crippen molar-refractivity contribution in [3.05, 3.63) is 75.6 Å². The van der Waals surface area contributed by atoms with Gasteiger partial charge in [0.1, 0.15) is 11.3 Å². The Morgan fingerprint density at radius 2 is 1.84 bits per heavy atom. The van der Waals surface area contributed by atoms with Crippen LogP contribution in [0.3, 0.4) is 0 Å². The Hall–Kier alpha value is -2.63. The predicted molar refractivity (Wildman–Crippen MR) is 96.5 cm³/mol. The molecular weight excluding hydrogens is 318 g/mol. The van der Waals surface area contributed by atoms with Crippen molar-refractivity contribution >= 4 is 11.0 Å². The summed E-state index contributed by atoms with van der Waals surface area (Å²) in [6, 6.07) is 14.8. The average Bonchev–Trinajstić information content (AvgIpc) is 2.59. The summed E-state index contributed by atoms with van der Waals surface area (Å²) in [4.78, 5) is 14.0. The lowest BCUT2D eigenvalue weighted by Crippen LogP contribution is -2.26. The topological polar surface area (TPSA) is 73.9 Å². The van der Waals surface area contributed by atoms with Gasteiger partial charge in [0.15, 0.2) is 0 Å². The highest BCUT2D eigenvalue weighted by molar-refractivity contribution is 5.84. The summed E-state index contributed by atoms with van der Waals surface area (Å²) in [6.45, 7) is 3.42. The number of hydrogen-bond acceptors (Lipinski definition) is 5. The summed E-state index contributed by atoms with van der Waals surface area (Å²) < 4.78 is 5.29. The van der Waals surface area contributed by atoms with Crippen LogP contribution in [0.1, 0.15) is 16.7 Å². The number of fused-ring (bicyclic) bond motifs is 1. The minimum absolute atomic E-state index is 0.0338. The van der Waals surface area contributed by atoms with Crippen molar-refractivity contribution in [3.8, 4) is 5.75 Å². The van der Waals surface area contributed by atoms with Crippen molar-refractivity contribution < 1.29 is 14.6 Å². The summed E-state index contributed by atoms with van der Waals surface area (Å²) in [5.41, 5.74) is 2.47. The SMILES string of the molecule is Cc1c(O)ccc2c(CN(CCO)Cc3ccccc3)cc(=O)oc12. The Bertz CT molecular complexity index is 918. The summed E-state index contributed by atoms with van der Waals surface area (Å²) in [5.74, 6) is 0.101. The molecule has 0 atom stereocenters. The number of nitrogens with zero attached hydrogens (tertiary/aromatic N) is 1. The number of aliphatic hydroxyl groups excluding tert-OH is 1. The molecule has 25 heavy (non-hydrogen) atoms. The number of aromatic hydroxyl groups is 1. The molecule has 130 valence electrons. The van der Waals surface area contributed by atoms with E-state index in [1.807, 2.05) is 30.3 Å². The standard InChI is InChI=1S/C20H21NO4/c1-14-18(23)8-7-17-16(11-19(24)25-20(14)17)13-21(9-10-22)12-15-5-3-2-4-6-15/h2-8,11,22-23H,9-10,12-13H2,1H3. The van der Waals surface area contributed by atoms with Crippen molar-refractivity contribution in [2.24, 2.45) is 0 Å². The van der Waals surface area contributed by atoms with Crippen molar-refractivity contribution in [3.63, 3.8) is 0 Å². The van der Waals surface area contributed by atoms with Crippen LogP contribution >= 0.6 is 0 Å². The van der Waals surface area contributed by atoms with E-state index in [2.05, 4.69) is 4.90 Å². The molecule has 0 radical (unpaired) electrons. The van der Waals surface area contributed by atoms with Crippen LogP contribution in [0.15, 0.2) is 57.7 Å². The molecular formula is C20H21NO4. The zero-order valence-corrected chi connectivity index (χ0v) is 14.1. The van der Waals surface area contributed by atoms with E-state index in [1.165, 1.54) is 6.07 Å². The van der Waals surface area contributed by atoms with Crippen LogP contribution in [-0.4, -0.2) is 28.3 Å². The fourth-order valence-corrected chi connectivity index (χ4v) is 2.98. The van der Waals surface area contributed by atoms with Crippen LogP contribution < -0.4 is 5.63 Å². The average molecular weight is 339 g/mol. The lowest BCUT2D eigenvalue weighted by atomic mass is 10.1. The van der Waals surface area contributed by atoms with Crippen molar-refractivity contribution in [1.29, 1.82) is 0 Å². The number of phenols is 1. The highest BCUT2D eigenvalue weighted by Crippen LogP contribution is 2.28. The molecule has 1 aromatic heterocycles. The number of aliphatic hydroxyl groups is 1. The molecule has 1 heterocycles. The fraction of sp³-hybridized carbons (Fsp3) is 0.250. The van der Waals surface area contributed by atoms with Gasteiger partial charge in [-0.25, -0.2) is 4.79 Å². The van der Waals surface area contributed by atoms with Crippen LogP contribution in [-0.2, 0) is 13.1 Å². The number of hydrogen-bond donors (Lipinski definition) is 2. The molecule has 0 bridgehead atoms. The van der Waals surface area contributed by atoms with Crippen LogP contribution in [0.4, 0.5) is 0 Å². The van der Waals surface area contributed by atoms with E-state index < -0.39 is 5.63 Å². The number of phenolic OH excluding ortho intramolecular Hbond substituents is 1. The second kappa shape index (κ2) is 7.51. The molecule has 2 N–H and O–H groups in total. The van der Waals surface area contributed by atoms with Gasteiger partial charge in [0.05, 0.1) is 6.61 Å². The van der Waals surface area contributed by atoms with E-state index in [0.29, 0.717) is 30.8 Å². The smallest absolute Gasteiger partial charge is 0.336 e. The van der Waals surface area contributed by atoms with Crippen molar-refractivity contribution in [2.75, 3.05) is 13.2 Å². The largest absolute Gasteiger partial charge is 0.508 e. The molecule has 3 rings (SSSR count). The van der Waals surface area contributed by atoms with E-state index in [1.54, 1.807) is 19.1 Å². The molecule has 0 saturated heterocycles. The number of rotatable bonds is 6. The zero-order valence-electron chi connectivity index (χ0n) is 14.1. The number of aryl methyl sites for hydroxylation is 1. The third-order valence-corrected chi connectivity index (χ3v) is 4.28. The van der Waals surface area contributed by atoms with Crippen molar-refractivity contribution in [2.45, 2.75) is 20.0 Å². The second-order valence-electron chi connectivity index (χ2n) is 6.10. The second-order valence-corrected chi connectivity index (χ2v) is 6.10. The highest BCUT2D eigenvalue weighted by Gasteiger charge is 2.14. The van der Waals surface area contributed by atoms with Crippen LogP contribution in [0.25, 0.3) is 11.0 Å². The fourth-order valence-electron chi connectivity index (χ4n) is 2.98. The summed E-state index contributed by atoms with van der Waals surface area (Å²) >= 11 is 0. The summed E-state index contributed by atoms with van der Waals surface area (Å²) in [6.07, 6.45) is 0. The normalized spacial score (nSPS) is 11.3. The van der Waals surface area contributed by atoms with Gasteiger partial charge in [0, 0.05) is 36.7 Å². The van der Waals surface area contributed by atoms with E-state index in [4.69, 9.17) is 4.42 Å². The molecule has 0 unspecified atom stereocenters. The van der Waals surface area contributed by atoms with E-state index in [9.17, 15) is 15.0 Å². The van der Waals surface area contributed by atoms with Crippen LogP contribution in [0.2, 0.25) is 0 Å². The summed E-state index contributed by atoms with van der Waals surface area (Å²) in [5, 5.41) is 20.0. The van der Waals surface area contributed by atoms with Gasteiger partial charge in [0.25, 0.3) is 0 Å². The molecule has 2 aromatic carbocycles. The van der Waals surface area contributed by atoms with Gasteiger partial charge in [-0.3, -0.25) is 4.90 Å². The van der Waals surface area contributed by atoms with Gasteiger partial charge in [-0.05, 0) is 30.2 Å². The molecule has 0 aliphatic carbocycles. The van der Waals surface area contributed by atoms with Gasteiger partial charge in [0.2, 0.25) is 0 Å². The van der Waals surface area contributed by atoms with Gasteiger partial charge in [-0.1, -0.05) is 30.3 Å². The third kappa shape index (κ3) is 3.90. The Balaban J connectivity index is 1.97. The Morgan fingerprint density at radius 3 is 2.56 bits per heavy atom. The van der Waals surface area contributed by atoms with Crippen LogP contribution in [0, 0.1) is 6.92 Å². The maximum atomic E-state index is 11.9. The van der Waals surface area contributed by atoms with E-state index in [0.717, 1.165) is 16.5 Å². The van der Waals surface area contributed by atoms with Gasteiger partial charge >= 0.3 is 5.63 Å². The minimum Gasteiger partial charge on any atom is -0.508 e. The monoisotopic (exact) mass is 339 g/mol. The molecule has 5 nitrogen and oxygen atoms in total. The quantitative estimate of drug-likeness (QED) is 0.676. The van der Waals surface area contributed by atoms with Gasteiger partial charge in [-0.2, -0.15) is 0 Å². The molecule has 0 aliphatic rings. The highest BCUT2D eigenvalue weighted by atomic mass is 16.4. The van der Waals surface area contributed by atoms with Gasteiger partial charge in [-0.15, -0.1) is 0 Å². The lowest BCUT2D eigenvalue weighted by Gasteiger charge is -2.22. The molecule has 0 spiro atoms. The molecule has 0 saturated carbocycles. The van der Waals surface area contributed by atoms with E-state index in [-0.39, 0.29) is 12.4 Å². The first-order valence-corrected chi connectivity index (χ1v) is 8.21.